The molecule has 1 fully saturated rings. The first kappa shape index (κ1) is 27.1. The maximum atomic E-state index is 14.3. The number of carboxylic acids is 1. The number of imidazole rings is 1. The average Bonchev–Trinajstić information content (AvgIpc) is 3.31. The number of pyridine rings is 1. The number of ether oxygens (including phenoxy) is 2. The van der Waals surface area contributed by atoms with Gasteiger partial charge in [-0.2, -0.15) is 5.26 Å². The van der Waals surface area contributed by atoms with Gasteiger partial charge in [0.1, 0.15) is 18.2 Å². The summed E-state index contributed by atoms with van der Waals surface area (Å²) in [5.41, 5.74) is 6.15. The highest BCUT2D eigenvalue weighted by molar-refractivity contribution is 5.92. The summed E-state index contributed by atoms with van der Waals surface area (Å²) < 4.78 is 27.8. The fourth-order valence-corrected chi connectivity index (χ4v) is 5.04. The fourth-order valence-electron chi connectivity index (χ4n) is 5.04. The molecule has 0 aliphatic carbocycles. The molecule has 210 valence electrons. The van der Waals surface area contributed by atoms with Crippen molar-refractivity contribution in [2.45, 2.75) is 39.0 Å². The number of fused-ring (bicyclic) bond motifs is 1. The Bertz CT molecular complexity index is 1860. The van der Waals surface area contributed by atoms with Crippen LogP contribution in [-0.4, -0.2) is 38.3 Å². The number of rotatable bonds is 9. The van der Waals surface area contributed by atoms with Crippen molar-refractivity contribution in [1.82, 2.24) is 14.5 Å². The van der Waals surface area contributed by atoms with Crippen molar-refractivity contribution >= 4 is 17.0 Å². The van der Waals surface area contributed by atoms with Gasteiger partial charge in [-0.3, -0.25) is 0 Å². The zero-order valence-corrected chi connectivity index (χ0v) is 22.9. The van der Waals surface area contributed by atoms with E-state index in [9.17, 15) is 14.3 Å². The highest BCUT2D eigenvalue weighted by Crippen LogP contribution is 2.27. The molecule has 1 N–H and O–H groups in total. The summed E-state index contributed by atoms with van der Waals surface area (Å²) in [5, 5.41) is 18.4. The van der Waals surface area contributed by atoms with Gasteiger partial charge in [0.25, 0.3) is 0 Å². The molecule has 42 heavy (non-hydrogen) atoms. The lowest BCUT2D eigenvalue weighted by molar-refractivity contribution is -0.0589. The fraction of sp³-hybridized carbons (Fsp3) is 0.212. The van der Waals surface area contributed by atoms with E-state index < -0.39 is 11.8 Å². The van der Waals surface area contributed by atoms with Crippen LogP contribution >= 0.6 is 0 Å². The predicted molar refractivity (Wildman–Crippen MR) is 154 cm³/mol. The van der Waals surface area contributed by atoms with E-state index in [2.05, 4.69) is 21.7 Å². The lowest BCUT2D eigenvalue weighted by Crippen LogP contribution is -2.31. The number of nitrogens with zero attached hydrogens (tertiary/aromatic N) is 4. The highest BCUT2D eigenvalue weighted by atomic mass is 19.1. The summed E-state index contributed by atoms with van der Waals surface area (Å²) in [4.78, 5) is 21.1. The Labute approximate surface area is 241 Å². The number of hydrogen-bond acceptors (Lipinski definition) is 6. The molecule has 0 spiro atoms. The van der Waals surface area contributed by atoms with Crippen LogP contribution in [0.1, 0.15) is 44.9 Å². The minimum Gasteiger partial charge on any atom is -0.478 e. The van der Waals surface area contributed by atoms with Gasteiger partial charge in [0.2, 0.25) is 5.88 Å². The van der Waals surface area contributed by atoms with E-state index in [4.69, 9.17) is 19.7 Å². The normalized spacial score (nSPS) is 14.4. The van der Waals surface area contributed by atoms with Gasteiger partial charge < -0.3 is 19.1 Å². The maximum Gasteiger partial charge on any atom is 0.335 e. The lowest BCUT2D eigenvalue weighted by Gasteiger charge is -2.27. The topological polar surface area (TPSA) is 110 Å². The van der Waals surface area contributed by atoms with E-state index in [0.717, 1.165) is 52.3 Å². The van der Waals surface area contributed by atoms with Crippen molar-refractivity contribution in [2.24, 2.45) is 0 Å². The van der Waals surface area contributed by atoms with Crippen LogP contribution in [0.3, 0.4) is 0 Å². The number of aromatic nitrogens is 3. The molecule has 9 heteroatoms. The Kier molecular flexibility index (Phi) is 7.38. The Morgan fingerprint density at radius 1 is 1.12 bits per heavy atom. The van der Waals surface area contributed by atoms with Crippen molar-refractivity contribution in [2.75, 3.05) is 6.61 Å². The summed E-state index contributed by atoms with van der Waals surface area (Å²) in [6.45, 7) is 3.39. The highest BCUT2D eigenvalue weighted by Gasteiger charge is 2.23. The van der Waals surface area contributed by atoms with Crippen LogP contribution in [0.5, 0.6) is 5.88 Å². The first-order chi connectivity index (χ1) is 20.4. The van der Waals surface area contributed by atoms with E-state index in [-0.39, 0.29) is 23.8 Å². The number of benzene rings is 3. The third-order valence-electron chi connectivity index (χ3n) is 7.52. The number of aryl methyl sites for hydroxylation is 1. The van der Waals surface area contributed by atoms with Crippen LogP contribution in [0.15, 0.2) is 72.8 Å². The third kappa shape index (κ3) is 5.57. The van der Waals surface area contributed by atoms with E-state index in [1.165, 1.54) is 6.07 Å². The van der Waals surface area contributed by atoms with E-state index >= 15 is 0 Å². The first-order valence-electron chi connectivity index (χ1n) is 13.6. The molecule has 6 rings (SSSR count). The monoisotopic (exact) mass is 562 g/mol. The predicted octanol–water partition coefficient (Wildman–Crippen LogP) is 6.07. The number of hydrogen-bond donors (Lipinski definition) is 1. The summed E-state index contributed by atoms with van der Waals surface area (Å²) in [7, 11) is 0. The Balaban J connectivity index is 1.23. The van der Waals surface area contributed by atoms with Gasteiger partial charge >= 0.3 is 5.97 Å². The Morgan fingerprint density at radius 2 is 1.95 bits per heavy atom. The molecule has 2 aromatic heterocycles. The lowest BCUT2D eigenvalue weighted by atomic mass is 10.0. The number of nitriles is 1. The molecule has 1 aliphatic rings. The molecule has 0 bridgehead atoms. The minimum absolute atomic E-state index is 0.00713. The van der Waals surface area contributed by atoms with Crippen LogP contribution < -0.4 is 4.74 Å². The smallest absolute Gasteiger partial charge is 0.335 e. The van der Waals surface area contributed by atoms with Crippen molar-refractivity contribution in [3.05, 3.63) is 112 Å². The van der Waals surface area contributed by atoms with Gasteiger partial charge in [0.05, 0.1) is 46.6 Å². The largest absolute Gasteiger partial charge is 0.478 e. The molecule has 3 aromatic carbocycles. The first-order valence-corrected chi connectivity index (χ1v) is 13.6. The van der Waals surface area contributed by atoms with Crippen LogP contribution in [-0.2, 0) is 24.3 Å². The second-order valence-corrected chi connectivity index (χ2v) is 10.3. The number of carboxylic acid groups (broad SMARTS) is 1. The second-order valence-electron chi connectivity index (χ2n) is 10.3. The molecule has 3 heterocycles. The van der Waals surface area contributed by atoms with Gasteiger partial charge in [-0.1, -0.05) is 24.3 Å². The number of halogens is 1. The molecule has 1 unspecified atom stereocenters. The van der Waals surface area contributed by atoms with Crippen molar-refractivity contribution in [1.29, 1.82) is 5.26 Å². The molecule has 1 atom stereocenters. The molecule has 8 nitrogen and oxygen atoms in total. The molecule has 0 saturated carbocycles. The van der Waals surface area contributed by atoms with Crippen molar-refractivity contribution < 1.29 is 23.8 Å². The second kappa shape index (κ2) is 11.4. The van der Waals surface area contributed by atoms with Crippen LogP contribution in [0.4, 0.5) is 4.39 Å². The van der Waals surface area contributed by atoms with Gasteiger partial charge in [0, 0.05) is 30.2 Å². The zero-order valence-electron chi connectivity index (χ0n) is 22.9. The molecular formula is C33H27FN4O4. The van der Waals surface area contributed by atoms with Crippen LogP contribution in [0.25, 0.3) is 22.3 Å². The molecule has 0 radical (unpaired) electrons. The van der Waals surface area contributed by atoms with Gasteiger partial charge in [0.15, 0.2) is 0 Å². The van der Waals surface area contributed by atoms with Crippen molar-refractivity contribution in [3.8, 4) is 23.2 Å². The van der Waals surface area contributed by atoms with Gasteiger partial charge in [-0.05, 0) is 66.9 Å². The summed E-state index contributed by atoms with van der Waals surface area (Å²) in [6.07, 6.45) is 1.62. The average molecular weight is 563 g/mol. The summed E-state index contributed by atoms with van der Waals surface area (Å²) >= 11 is 0. The number of aromatic carboxylic acids is 1. The van der Waals surface area contributed by atoms with Crippen LogP contribution in [0, 0.1) is 24.1 Å². The van der Waals surface area contributed by atoms with E-state index in [1.54, 1.807) is 36.4 Å². The number of carbonyl (C=O) groups is 1. The van der Waals surface area contributed by atoms with Gasteiger partial charge in [-0.25, -0.2) is 19.2 Å². The molecule has 5 aromatic rings. The van der Waals surface area contributed by atoms with E-state index in [0.29, 0.717) is 24.4 Å². The molecule has 0 amide bonds. The zero-order chi connectivity index (χ0) is 29.2. The standard InChI is InChI=1S/C33H27FN4O4/c1-20-13-23(28-3-2-4-32(37-28)42-19-25-6-5-21(17-35)14-27(25)34)8-7-22(20)16-31-36-29-10-9-24(33(39)40)15-30(29)38(31)18-26-11-12-41-26/h2-10,13-15,26H,11-12,16,18-19H2,1H3,(H,39,40). The van der Waals surface area contributed by atoms with E-state index in [1.807, 2.05) is 31.2 Å². The van der Waals surface area contributed by atoms with Crippen molar-refractivity contribution in [3.63, 3.8) is 0 Å². The quantitative estimate of drug-likeness (QED) is 0.232. The molecular weight excluding hydrogens is 535 g/mol. The summed E-state index contributed by atoms with van der Waals surface area (Å²) in [6, 6.07) is 22.8. The van der Waals surface area contributed by atoms with Gasteiger partial charge in [-0.15, -0.1) is 0 Å². The Hall–Kier alpha value is -5.07. The molecule has 1 aliphatic heterocycles. The SMILES string of the molecule is Cc1cc(-c2cccc(OCc3ccc(C#N)cc3F)n2)ccc1Cc1nc2ccc(C(=O)O)cc2n1CC1CCO1. The Morgan fingerprint density at radius 3 is 2.67 bits per heavy atom. The van der Waals surface area contributed by atoms with Crippen LogP contribution in [0.2, 0.25) is 0 Å². The maximum absolute atomic E-state index is 14.3. The molecule has 1 saturated heterocycles. The third-order valence-corrected chi connectivity index (χ3v) is 7.52. The summed E-state index contributed by atoms with van der Waals surface area (Å²) in [5.74, 6) is -0.248. The minimum atomic E-state index is -0.970.